The Kier molecular flexibility index (Phi) is 7.56. The molecule has 35 heavy (non-hydrogen) atoms. The molecule has 0 fully saturated rings. The Morgan fingerprint density at radius 3 is 2.37 bits per heavy atom. The van der Waals surface area contributed by atoms with E-state index < -0.39 is 22.5 Å². The van der Waals surface area contributed by atoms with Gasteiger partial charge in [0.2, 0.25) is 11.0 Å². The fourth-order valence-corrected chi connectivity index (χ4v) is 5.65. The van der Waals surface area contributed by atoms with E-state index in [-0.39, 0.29) is 26.5 Å². The SMILES string of the molecule is COc1ccc(Cl)cc1N(CC(=O)Nc1nnc(-c2ccc(Cl)cc2)s1)S(=O)(=O)c1ccccc1. The van der Waals surface area contributed by atoms with Gasteiger partial charge in [0, 0.05) is 15.6 Å². The summed E-state index contributed by atoms with van der Waals surface area (Å²) in [6.07, 6.45) is 0. The number of amides is 1. The van der Waals surface area contributed by atoms with E-state index in [2.05, 4.69) is 15.5 Å². The molecule has 1 amide bonds. The van der Waals surface area contributed by atoms with Crippen LogP contribution in [-0.2, 0) is 14.8 Å². The van der Waals surface area contributed by atoms with E-state index >= 15 is 0 Å². The fourth-order valence-electron chi connectivity index (χ4n) is 3.15. The molecule has 0 unspecified atom stereocenters. The molecule has 1 N–H and O–H groups in total. The standard InChI is InChI=1S/C23H18Cl2N4O4S2/c1-33-20-12-11-17(25)13-19(20)29(35(31,32)18-5-3-2-4-6-18)14-21(30)26-23-28-27-22(34-23)15-7-9-16(24)10-8-15/h2-13H,14H2,1H3,(H,26,28,30). The zero-order valence-electron chi connectivity index (χ0n) is 18.2. The van der Waals surface area contributed by atoms with Gasteiger partial charge in [-0.1, -0.05) is 64.9 Å². The minimum atomic E-state index is -4.14. The van der Waals surface area contributed by atoms with Crippen molar-refractivity contribution in [2.45, 2.75) is 4.90 Å². The number of hydrogen-bond donors (Lipinski definition) is 1. The van der Waals surface area contributed by atoms with Crippen LogP contribution >= 0.6 is 34.5 Å². The molecule has 0 radical (unpaired) electrons. The third-order valence-corrected chi connectivity index (χ3v) is 7.94. The van der Waals surface area contributed by atoms with Crippen molar-refractivity contribution in [3.05, 3.63) is 82.8 Å². The van der Waals surface area contributed by atoms with Crippen LogP contribution in [0.1, 0.15) is 0 Å². The Bertz CT molecular complexity index is 1450. The molecule has 3 aromatic carbocycles. The second-order valence-corrected chi connectivity index (χ2v) is 10.8. The number of benzene rings is 3. The maximum absolute atomic E-state index is 13.5. The van der Waals surface area contributed by atoms with Gasteiger partial charge >= 0.3 is 0 Å². The first-order valence-electron chi connectivity index (χ1n) is 10.1. The van der Waals surface area contributed by atoms with Gasteiger partial charge in [0.1, 0.15) is 17.3 Å². The van der Waals surface area contributed by atoms with Gasteiger partial charge in [-0.2, -0.15) is 0 Å². The minimum Gasteiger partial charge on any atom is -0.495 e. The van der Waals surface area contributed by atoms with E-state index in [0.29, 0.717) is 10.0 Å². The van der Waals surface area contributed by atoms with Gasteiger partial charge < -0.3 is 4.74 Å². The Hall–Kier alpha value is -3.18. The third-order valence-electron chi connectivity index (χ3n) is 4.79. The van der Waals surface area contributed by atoms with Crippen LogP contribution in [0, 0.1) is 0 Å². The lowest BCUT2D eigenvalue weighted by Gasteiger charge is -2.25. The highest BCUT2D eigenvalue weighted by Gasteiger charge is 2.30. The molecule has 0 saturated carbocycles. The van der Waals surface area contributed by atoms with Crippen molar-refractivity contribution in [2.75, 3.05) is 23.3 Å². The molecule has 4 aromatic rings. The van der Waals surface area contributed by atoms with Crippen LogP contribution in [0.4, 0.5) is 10.8 Å². The van der Waals surface area contributed by atoms with Crippen molar-refractivity contribution in [3.63, 3.8) is 0 Å². The topological polar surface area (TPSA) is 101 Å². The number of anilines is 2. The molecule has 0 spiro atoms. The van der Waals surface area contributed by atoms with E-state index in [9.17, 15) is 13.2 Å². The summed E-state index contributed by atoms with van der Waals surface area (Å²) in [5.74, 6) is -0.381. The summed E-state index contributed by atoms with van der Waals surface area (Å²) in [5.41, 5.74) is 0.905. The third kappa shape index (κ3) is 5.73. The monoisotopic (exact) mass is 548 g/mol. The Morgan fingerprint density at radius 2 is 1.69 bits per heavy atom. The number of methoxy groups -OCH3 is 1. The summed E-state index contributed by atoms with van der Waals surface area (Å²) < 4.78 is 33.4. The van der Waals surface area contributed by atoms with Crippen molar-refractivity contribution in [1.82, 2.24) is 10.2 Å². The zero-order valence-corrected chi connectivity index (χ0v) is 21.3. The average molecular weight is 549 g/mol. The molecule has 180 valence electrons. The molecule has 0 bridgehead atoms. The van der Waals surface area contributed by atoms with E-state index in [1.54, 1.807) is 48.5 Å². The number of aromatic nitrogens is 2. The summed E-state index contributed by atoms with van der Waals surface area (Å²) >= 11 is 13.2. The van der Waals surface area contributed by atoms with Crippen molar-refractivity contribution in [2.24, 2.45) is 0 Å². The van der Waals surface area contributed by atoms with Crippen LogP contribution in [0.3, 0.4) is 0 Å². The van der Waals surface area contributed by atoms with Gasteiger partial charge in [-0.25, -0.2) is 8.42 Å². The molecular weight excluding hydrogens is 531 g/mol. The number of rotatable bonds is 8. The maximum Gasteiger partial charge on any atom is 0.264 e. The zero-order chi connectivity index (χ0) is 25.0. The molecular formula is C23H18Cl2N4O4S2. The van der Waals surface area contributed by atoms with Gasteiger partial charge in [0.05, 0.1) is 17.7 Å². The lowest BCUT2D eigenvalue weighted by atomic mass is 10.2. The number of nitrogens with zero attached hydrogens (tertiary/aromatic N) is 3. The molecule has 0 atom stereocenters. The van der Waals surface area contributed by atoms with Gasteiger partial charge in [-0.3, -0.25) is 14.4 Å². The van der Waals surface area contributed by atoms with E-state index in [1.165, 1.54) is 31.4 Å². The quantitative estimate of drug-likeness (QED) is 0.318. The van der Waals surface area contributed by atoms with Crippen LogP contribution < -0.4 is 14.4 Å². The molecule has 4 rings (SSSR count). The van der Waals surface area contributed by atoms with E-state index in [4.69, 9.17) is 27.9 Å². The van der Waals surface area contributed by atoms with Crippen LogP contribution in [-0.4, -0.2) is 38.2 Å². The molecule has 8 nitrogen and oxygen atoms in total. The maximum atomic E-state index is 13.5. The number of sulfonamides is 1. The van der Waals surface area contributed by atoms with Crippen molar-refractivity contribution in [1.29, 1.82) is 0 Å². The number of halogens is 2. The summed E-state index contributed by atoms with van der Waals surface area (Å²) in [4.78, 5) is 13.0. The Labute approximate surface area is 216 Å². The second-order valence-electron chi connectivity index (χ2n) is 7.11. The highest BCUT2D eigenvalue weighted by atomic mass is 35.5. The molecule has 0 saturated heterocycles. The van der Waals surface area contributed by atoms with Gasteiger partial charge in [-0.15, -0.1) is 10.2 Å². The van der Waals surface area contributed by atoms with Crippen LogP contribution in [0.2, 0.25) is 10.0 Å². The minimum absolute atomic E-state index is 0.00997. The molecule has 1 heterocycles. The first-order valence-corrected chi connectivity index (χ1v) is 13.1. The first-order chi connectivity index (χ1) is 16.8. The van der Waals surface area contributed by atoms with Crippen LogP contribution in [0.15, 0.2) is 77.7 Å². The van der Waals surface area contributed by atoms with Gasteiger partial charge in [-0.05, 0) is 42.5 Å². The molecule has 0 aliphatic rings. The molecule has 0 aliphatic carbocycles. The van der Waals surface area contributed by atoms with Crippen molar-refractivity contribution < 1.29 is 17.9 Å². The summed E-state index contributed by atoms with van der Waals surface area (Å²) in [5, 5.41) is 12.4. The average Bonchev–Trinajstić information content (AvgIpc) is 3.31. The van der Waals surface area contributed by atoms with Crippen molar-refractivity contribution in [3.8, 4) is 16.3 Å². The van der Waals surface area contributed by atoms with Crippen LogP contribution in [0.25, 0.3) is 10.6 Å². The highest BCUT2D eigenvalue weighted by molar-refractivity contribution is 7.92. The Morgan fingerprint density at radius 1 is 1.00 bits per heavy atom. The normalized spacial score (nSPS) is 11.2. The highest BCUT2D eigenvalue weighted by Crippen LogP contribution is 2.35. The molecule has 12 heteroatoms. The Balaban J connectivity index is 1.63. The summed E-state index contributed by atoms with van der Waals surface area (Å²) in [6.45, 7) is -0.552. The van der Waals surface area contributed by atoms with Gasteiger partial charge in [0.25, 0.3) is 10.0 Å². The fraction of sp³-hybridized carbons (Fsp3) is 0.0870. The number of nitrogens with one attached hydrogen (secondary N) is 1. The lowest BCUT2D eigenvalue weighted by molar-refractivity contribution is -0.114. The largest absolute Gasteiger partial charge is 0.495 e. The predicted molar refractivity (Wildman–Crippen MR) is 138 cm³/mol. The second kappa shape index (κ2) is 10.6. The summed E-state index contributed by atoms with van der Waals surface area (Å²) in [6, 6.07) is 19.3. The number of carbonyl (C=O) groups is 1. The van der Waals surface area contributed by atoms with Crippen LogP contribution in [0.5, 0.6) is 5.75 Å². The van der Waals surface area contributed by atoms with Crippen molar-refractivity contribution >= 4 is 61.3 Å². The lowest BCUT2D eigenvalue weighted by Crippen LogP contribution is -2.38. The smallest absolute Gasteiger partial charge is 0.264 e. The number of hydrogen-bond acceptors (Lipinski definition) is 7. The number of carbonyl (C=O) groups excluding carboxylic acids is 1. The molecule has 1 aromatic heterocycles. The first kappa shape index (κ1) is 24.9. The van der Waals surface area contributed by atoms with E-state index in [0.717, 1.165) is 21.2 Å². The molecule has 0 aliphatic heterocycles. The summed E-state index contributed by atoms with van der Waals surface area (Å²) in [7, 11) is -2.74. The predicted octanol–water partition coefficient (Wildman–Crippen LogP) is 5.35. The number of ether oxygens (including phenoxy) is 1. The van der Waals surface area contributed by atoms with Gasteiger partial charge in [0.15, 0.2) is 0 Å². The van der Waals surface area contributed by atoms with E-state index in [1.807, 2.05) is 0 Å².